The molecule has 0 radical (unpaired) electrons. The van der Waals surface area contributed by atoms with Gasteiger partial charge < -0.3 is 14.2 Å². The summed E-state index contributed by atoms with van der Waals surface area (Å²) >= 11 is 0. The summed E-state index contributed by atoms with van der Waals surface area (Å²) in [5, 5.41) is 13.5. The Labute approximate surface area is 146 Å². The Kier molecular flexibility index (Phi) is 3.70. The van der Waals surface area contributed by atoms with E-state index in [2.05, 4.69) is 10.3 Å². The van der Waals surface area contributed by atoms with Crippen molar-refractivity contribution in [3.8, 4) is 11.5 Å². The Morgan fingerprint density at radius 2 is 1.92 bits per heavy atom. The molecule has 128 valence electrons. The maximum Gasteiger partial charge on any atom is 0.291 e. The van der Waals surface area contributed by atoms with Gasteiger partial charge in [-0.15, -0.1) is 0 Å². The van der Waals surface area contributed by atoms with E-state index in [1.165, 1.54) is 18.4 Å². The Balaban J connectivity index is 1.57. The summed E-state index contributed by atoms with van der Waals surface area (Å²) in [7, 11) is 0. The summed E-state index contributed by atoms with van der Waals surface area (Å²) in [6, 6.07) is 14.3. The van der Waals surface area contributed by atoms with Gasteiger partial charge in [-0.25, -0.2) is 4.98 Å². The fraction of sp³-hybridized carbons (Fsp3) is 0. The summed E-state index contributed by atoms with van der Waals surface area (Å²) < 4.78 is 10.6. The normalized spacial score (nSPS) is 10.8. The fourth-order valence-corrected chi connectivity index (χ4v) is 2.45. The highest BCUT2D eigenvalue weighted by Gasteiger charge is 2.13. The molecule has 4 rings (SSSR count). The number of anilines is 1. The number of benzene rings is 2. The van der Waals surface area contributed by atoms with Crippen LogP contribution in [0.1, 0.15) is 10.6 Å². The minimum atomic E-state index is -0.488. The number of aromatic nitrogens is 1. The molecular formula is C18H11N3O5. The third kappa shape index (κ3) is 2.91. The Morgan fingerprint density at radius 1 is 1.12 bits per heavy atom. The van der Waals surface area contributed by atoms with E-state index in [1.807, 2.05) is 0 Å². The monoisotopic (exact) mass is 349 g/mol. The second-order valence-electron chi connectivity index (χ2n) is 5.44. The third-order valence-corrected chi connectivity index (χ3v) is 3.72. The van der Waals surface area contributed by atoms with Gasteiger partial charge in [0.1, 0.15) is 5.52 Å². The van der Waals surface area contributed by atoms with E-state index in [4.69, 9.17) is 8.83 Å². The Bertz CT molecular complexity index is 1100. The minimum Gasteiger partial charge on any atom is -0.459 e. The van der Waals surface area contributed by atoms with Gasteiger partial charge >= 0.3 is 0 Å². The predicted molar refractivity (Wildman–Crippen MR) is 92.8 cm³/mol. The minimum absolute atomic E-state index is 0.0591. The molecule has 0 saturated carbocycles. The van der Waals surface area contributed by atoms with E-state index in [0.29, 0.717) is 28.2 Å². The molecule has 0 saturated heterocycles. The van der Waals surface area contributed by atoms with Crippen molar-refractivity contribution in [2.75, 3.05) is 5.32 Å². The van der Waals surface area contributed by atoms with Crippen LogP contribution in [0.15, 0.2) is 69.7 Å². The number of non-ortho nitro benzene ring substituents is 1. The van der Waals surface area contributed by atoms with Gasteiger partial charge in [0.05, 0.1) is 17.3 Å². The Hall–Kier alpha value is -3.94. The first-order valence-electron chi connectivity index (χ1n) is 7.60. The van der Waals surface area contributed by atoms with Gasteiger partial charge in [0.2, 0.25) is 5.89 Å². The smallest absolute Gasteiger partial charge is 0.291 e. The lowest BCUT2D eigenvalue weighted by Gasteiger charge is -2.03. The maximum absolute atomic E-state index is 11.9. The predicted octanol–water partition coefficient (Wildman–Crippen LogP) is 4.25. The first kappa shape index (κ1) is 15.6. The zero-order valence-corrected chi connectivity index (χ0v) is 13.2. The van der Waals surface area contributed by atoms with Crippen LogP contribution in [0.25, 0.3) is 22.6 Å². The second-order valence-corrected chi connectivity index (χ2v) is 5.44. The average molecular weight is 349 g/mol. The molecule has 4 aromatic rings. The van der Waals surface area contributed by atoms with E-state index < -0.39 is 4.92 Å². The van der Waals surface area contributed by atoms with Crippen LogP contribution in [0.2, 0.25) is 0 Å². The number of nitrogens with one attached hydrogen (secondary N) is 1. The van der Waals surface area contributed by atoms with E-state index >= 15 is 0 Å². The molecule has 2 heterocycles. The number of hydrogen-bond acceptors (Lipinski definition) is 6. The van der Waals surface area contributed by atoms with Crippen molar-refractivity contribution in [3.63, 3.8) is 0 Å². The van der Waals surface area contributed by atoms with Gasteiger partial charge in [-0.05, 0) is 42.5 Å². The topological polar surface area (TPSA) is 111 Å². The molecule has 8 nitrogen and oxygen atoms in total. The van der Waals surface area contributed by atoms with E-state index in [0.717, 1.165) is 0 Å². The van der Waals surface area contributed by atoms with Crippen molar-refractivity contribution >= 4 is 28.4 Å². The molecule has 8 heteroatoms. The van der Waals surface area contributed by atoms with Crippen molar-refractivity contribution in [2.24, 2.45) is 0 Å². The lowest BCUT2D eigenvalue weighted by molar-refractivity contribution is -0.384. The Morgan fingerprint density at radius 3 is 2.62 bits per heavy atom. The first-order valence-corrected chi connectivity index (χ1v) is 7.60. The number of fused-ring (bicyclic) bond motifs is 1. The maximum atomic E-state index is 11.9. The van der Waals surface area contributed by atoms with Crippen LogP contribution in [0, 0.1) is 10.1 Å². The molecule has 0 atom stereocenters. The van der Waals surface area contributed by atoms with Crippen molar-refractivity contribution in [1.82, 2.24) is 4.98 Å². The van der Waals surface area contributed by atoms with Crippen LogP contribution in [0.4, 0.5) is 11.4 Å². The number of hydrogen-bond donors (Lipinski definition) is 1. The summed E-state index contributed by atoms with van der Waals surface area (Å²) in [5.74, 6) is 0.205. The largest absolute Gasteiger partial charge is 0.459 e. The molecular weight excluding hydrogens is 338 g/mol. The van der Waals surface area contributed by atoms with Gasteiger partial charge in [0.15, 0.2) is 11.3 Å². The van der Waals surface area contributed by atoms with E-state index in [1.54, 1.807) is 42.5 Å². The van der Waals surface area contributed by atoms with Crippen molar-refractivity contribution in [2.45, 2.75) is 0 Å². The highest BCUT2D eigenvalue weighted by atomic mass is 16.6. The molecule has 2 aromatic heterocycles. The first-order chi connectivity index (χ1) is 12.6. The van der Waals surface area contributed by atoms with Crippen LogP contribution in [-0.2, 0) is 0 Å². The highest BCUT2D eigenvalue weighted by molar-refractivity contribution is 6.02. The van der Waals surface area contributed by atoms with Crippen LogP contribution >= 0.6 is 0 Å². The molecule has 26 heavy (non-hydrogen) atoms. The summed E-state index contributed by atoms with van der Waals surface area (Å²) in [6.45, 7) is 0. The SMILES string of the molecule is O=C(Nc1ccc(-c2nc3ccc([N+](=O)[O-])cc3o2)cc1)c1ccco1. The van der Waals surface area contributed by atoms with Crippen molar-refractivity contribution < 1.29 is 18.6 Å². The number of oxazole rings is 1. The zero-order chi connectivity index (χ0) is 18.1. The van der Waals surface area contributed by atoms with Crippen LogP contribution in [0.5, 0.6) is 0 Å². The molecule has 0 fully saturated rings. The molecule has 0 spiro atoms. The number of nitro groups is 1. The average Bonchev–Trinajstić information content (AvgIpc) is 3.31. The van der Waals surface area contributed by atoms with E-state index in [-0.39, 0.29) is 17.4 Å². The molecule has 1 N–H and O–H groups in total. The quantitative estimate of drug-likeness (QED) is 0.435. The fourth-order valence-electron chi connectivity index (χ4n) is 2.45. The van der Waals surface area contributed by atoms with Gasteiger partial charge in [-0.3, -0.25) is 14.9 Å². The van der Waals surface area contributed by atoms with Gasteiger partial charge in [0.25, 0.3) is 11.6 Å². The summed E-state index contributed by atoms with van der Waals surface area (Å²) in [6.07, 6.45) is 1.43. The van der Waals surface area contributed by atoms with E-state index in [9.17, 15) is 14.9 Å². The molecule has 0 aliphatic heterocycles. The number of rotatable bonds is 4. The van der Waals surface area contributed by atoms with Gasteiger partial charge in [-0.1, -0.05) is 0 Å². The van der Waals surface area contributed by atoms with Crippen LogP contribution in [0.3, 0.4) is 0 Å². The highest BCUT2D eigenvalue weighted by Crippen LogP contribution is 2.27. The lowest BCUT2D eigenvalue weighted by Crippen LogP contribution is -2.10. The number of amides is 1. The van der Waals surface area contributed by atoms with Crippen LogP contribution < -0.4 is 5.32 Å². The summed E-state index contributed by atoms with van der Waals surface area (Å²) in [5.41, 5.74) is 2.07. The molecule has 0 unspecified atom stereocenters. The number of nitro benzene ring substituents is 1. The number of furan rings is 1. The second kappa shape index (κ2) is 6.17. The molecule has 1 amide bonds. The lowest BCUT2D eigenvalue weighted by atomic mass is 10.2. The van der Waals surface area contributed by atoms with Gasteiger partial charge in [0, 0.05) is 17.3 Å². The molecule has 0 aliphatic carbocycles. The van der Waals surface area contributed by atoms with Crippen LogP contribution in [-0.4, -0.2) is 15.8 Å². The molecule has 0 aliphatic rings. The third-order valence-electron chi connectivity index (χ3n) is 3.72. The zero-order valence-electron chi connectivity index (χ0n) is 13.2. The van der Waals surface area contributed by atoms with Crippen molar-refractivity contribution in [3.05, 3.63) is 76.7 Å². The van der Waals surface area contributed by atoms with Gasteiger partial charge in [-0.2, -0.15) is 0 Å². The van der Waals surface area contributed by atoms with Crippen molar-refractivity contribution in [1.29, 1.82) is 0 Å². The number of carbonyl (C=O) groups excluding carboxylic acids is 1. The molecule has 0 bridgehead atoms. The standard InChI is InChI=1S/C18H11N3O5/c22-17(15-2-1-9-25-15)19-12-5-3-11(4-6-12)18-20-14-8-7-13(21(23)24)10-16(14)26-18/h1-10H,(H,19,22). The number of nitrogens with zero attached hydrogens (tertiary/aromatic N) is 2. The molecule has 2 aromatic carbocycles. The summed E-state index contributed by atoms with van der Waals surface area (Å²) in [4.78, 5) is 26.6. The number of carbonyl (C=O) groups is 1.